The third-order valence-electron chi connectivity index (χ3n) is 4.36. The van der Waals surface area contributed by atoms with Gasteiger partial charge in [0.15, 0.2) is 5.96 Å². The highest BCUT2D eigenvalue weighted by Crippen LogP contribution is 2.20. The molecule has 2 rings (SSSR count). The number of hydrogen-bond acceptors (Lipinski definition) is 3. The second-order valence-corrected chi connectivity index (χ2v) is 6.12. The molecule has 1 aromatic rings. The molecule has 0 atom stereocenters. The van der Waals surface area contributed by atoms with Gasteiger partial charge in [0.2, 0.25) is 0 Å². The minimum Gasteiger partial charge on any atom is -0.496 e. The van der Waals surface area contributed by atoms with Crippen molar-refractivity contribution in [2.45, 2.75) is 46.3 Å². The summed E-state index contributed by atoms with van der Waals surface area (Å²) in [6, 6.07) is 6.28. The van der Waals surface area contributed by atoms with Gasteiger partial charge in [0.1, 0.15) is 5.75 Å². The van der Waals surface area contributed by atoms with E-state index in [0.717, 1.165) is 61.9 Å². The highest BCUT2D eigenvalue weighted by molar-refractivity contribution is 5.80. The molecule has 0 unspecified atom stereocenters. The first kappa shape index (κ1) is 18.6. The van der Waals surface area contributed by atoms with Crippen LogP contribution in [-0.2, 0) is 11.3 Å². The third kappa shape index (κ3) is 5.13. The highest BCUT2D eigenvalue weighted by atomic mass is 16.5. The summed E-state index contributed by atoms with van der Waals surface area (Å²) in [5, 5.41) is 3.41. The van der Waals surface area contributed by atoms with E-state index >= 15 is 0 Å². The van der Waals surface area contributed by atoms with Gasteiger partial charge in [-0.1, -0.05) is 12.1 Å². The van der Waals surface area contributed by atoms with Gasteiger partial charge in [-0.25, -0.2) is 4.99 Å². The molecule has 1 fully saturated rings. The van der Waals surface area contributed by atoms with Gasteiger partial charge in [-0.15, -0.1) is 0 Å². The Morgan fingerprint density at radius 2 is 2.04 bits per heavy atom. The monoisotopic (exact) mass is 333 g/mol. The van der Waals surface area contributed by atoms with Gasteiger partial charge in [-0.05, 0) is 50.8 Å². The van der Waals surface area contributed by atoms with Gasteiger partial charge >= 0.3 is 0 Å². The topological polar surface area (TPSA) is 46.1 Å². The molecular weight excluding hydrogens is 302 g/mol. The van der Waals surface area contributed by atoms with Gasteiger partial charge in [-0.3, -0.25) is 0 Å². The maximum Gasteiger partial charge on any atom is 0.194 e. The standard InChI is InChI=1S/C19H31N3O2/c1-5-20-19(22-11-9-17(10-12-22)24-6-2)21-14-16-8-7-15(3)18(13-16)23-4/h7-8,13,17H,5-6,9-12,14H2,1-4H3,(H,20,21). The van der Waals surface area contributed by atoms with Crippen molar-refractivity contribution < 1.29 is 9.47 Å². The zero-order chi connectivity index (χ0) is 17.4. The normalized spacial score (nSPS) is 16.3. The molecular formula is C19H31N3O2. The van der Waals surface area contributed by atoms with E-state index in [-0.39, 0.29) is 0 Å². The van der Waals surface area contributed by atoms with Crippen LogP contribution in [0.5, 0.6) is 5.75 Å². The summed E-state index contributed by atoms with van der Waals surface area (Å²) in [7, 11) is 1.71. The predicted molar refractivity (Wildman–Crippen MR) is 98.8 cm³/mol. The van der Waals surface area contributed by atoms with Crippen molar-refractivity contribution in [2.24, 2.45) is 4.99 Å². The Morgan fingerprint density at radius 3 is 2.67 bits per heavy atom. The van der Waals surface area contributed by atoms with Crippen molar-refractivity contribution in [1.82, 2.24) is 10.2 Å². The van der Waals surface area contributed by atoms with E-state index in [1.165, 1.54) is 0 Å². The fourth-order valence-electron chi connectivity index (χ4n) is 3.02. The number of aryl methyl sites for hydroxylation is 1. The number of nitrogens with one attached hydrogen (secondary N) is 1. The average Bonchev–Trinajstić information content (AvgIpc) is 2.61. The SMILES string of the molecule is CCNC(=NCc1ccc(C)c(OC)c1)N1CCC(OCC)CC1. The molecule has 1 N–H and O–H groups in total. The third-order valence-corrected chi connectivity index (χ3v) is 4.36. The maximum absolute atomic E-state index is 5.74. The number of methoxy groups -OCH3 is 1. The van der Waals surface area contributed by atoms with Crippen molar-refractivity contribution in [3.05, 3.63) is 29.3 Å². The number of benzene rings is 1. The number of aliphatic imine (C=N–C) groups is 1. The molecule has 1 aromatic carbocycles. The van der Waals surface area contributed by atoms with Crippen molar-refractivity contribution in [2.75, 3.05) is 33.4 Å². The first-order valence-electron chi connectivity index (χ1n) is 8.96. The van der Waals surface area contributed by atoms with E-state index in [4.69, 9.17) is 14.5 Å². The quantitative estimate of drug-likeness (QED) is 0.642. The molecule has 1 aliphatic rings. The molecule has 5 heteroatoms. The molecule has 0 spiro atoms. The summed E-state index contributed by atoms with van der Waals surface area (Å²) in [5.74, 6) is 1.91. The zero-order valence-corrected chi connectivity index (χ0v) is 15.5. The average molecular weight is 333 g/mol. The van der Waals surface area contributed by atoms with Gasteiger partial charge in [0, 0.05) is 26.2 Å². The lowest BCUT2D eigenvalue weighted by Gasteiger charge is -2.34. The van der Waals surface area contributed by atoms with Gasteiger partial charge < -0.3 is 19.7 Å². The van der Waals surface area contributed by atoms with Crippen molar-refractivity contribution in [1.29, 1.82) is 0 Å². The first-order chi connectivity index (χ1) is 11.7. The predicted octanol–water partition coefficient (Wildman–Crippen LogP) is 2.97. The molecule has 134 valence electrons. The second-order valence-electron chi connectivity index (χ2n) is 6.12. The first-order valence-corrected chi connectivity index (χ1v) is 8.96. The van der Waals surface area contributed by atoms with E-state index in [1.54, 1.807) is 7.11 Å². The molecule has 5 nitrogen and oxygen atoms in total. The van der Waals surface area contributed by atoms with Crippen LogP contribution in [0.4, 0.5) is 0 Å². The molecule has 24 heavy (non-hydrogen) atoms. The van der Waals surface area contributed by atoms with E-state index in [2.05, 4.69) is 49.2 Å². The van der Waals surface area contributed by atoms with Crippen LogP contribution >= 0.6 is 0 Å². The molecule has 1 aliphatic heterocycles. The molecule has 1 heterocycles. The molecule has 0 aliphatic carbocycles. The van der Waals surface area contributed by atoms with Crippen LogP contribution < -0.4 is 10.1 Å². The van der Waals surface area contributed by atoms with E-state index in [9.17, 15) is 0 Å². The molecule has 0 bridgehead atoms. The van der Waals surface area contributed by atoms with E-state index in [1.807, 2.05) is 0 Å². The second kappa shape index (κ2) is 9.52. The highest BCUT2D eigenvalue weighted by Gasteiger charge is 2.21. The number of guanidine groups is 1. The summed E-state index contributed by atoms with van der Waals surface area (Å²) in [6.45, 7) is 10.5. The van der Waals surface area contributed by atoms with Crippen LogP contribution in [-0.4, -0.2) is 50.3 Å². The summed E-state index contributed by atoms with van der Waals surface area (Å²) in [4.78, 5) is 7.16. The molecule has 1 saturated heterocycles. The fraction of sp³-hybridized carbons (Fsp3) is 0.632. The summed E-state index contributed by atoms with van der Waals surface area (Å²) < 4.78 is 11.1. The van der Waals surface area contributed by atoms with Crippen LogP contribution in [0.1, 0.15) is 37.8 Å². The van der Waals surface area contributed by atoms with Crippen molar-refractivity contribution in [3.8, 4) is 5.75 Å². The van der Waals surface area contributed by atoms with Crippen molar-refractivity contribution in [3.63, 3.8) is 0 Å². The lowest BCUT2D eigenvalue weighted by atomic mass is 10.1. The number of nitrogens with zero attached hydrogens (tertiary/aromatic N) is 2. The van der Waals surface area contributed by atoms with Crippen LogP contribution in [0, 0.1) is 6.92 Å². The van der Waals surface area contributed by atoms with Crippen LogP contribution in [0.25, 0.3) is 0 Å². The molecule has 0 aromatic heterocycles. The van der Waals surface area contributed by atoms with Gasteiger partial charge in [-0.2, -0.15) is 0 Å². The Bertz CT molecular complexity index is 537. The number of hydrogen-bond donors (Lipinski definition) is 1. The number of ether oxygens (including phenoxy) is 2. The van der Waals surface area contributed by atoms with E-state index in [0.29, 0.717) is 12.6 Å². The van der Waals surface area contributed by atoms with Crippen LogP contribution in [0.3, 0.4) is 0 Å². The lowest BCUT2D eigenvalue weighted by Crippen LogP contribution is -2.47. The Hall–Kier alpha value is -1.75. The van der Waals surface area contributed by atoms with Crippen molar-refractivity contribution >= 4 is 5.96 Å². The molecule has 0 amide bonds. The summed E-state index contributed by atoms with van der Waals surface area (Å²) in [5.41, 5.74) is 2.31. The molecule has 0 saturated carbocycles. The minimum absolute atomic E-state index is 0.399. The summed E-state index contributed by atoms with van der Waals surface area (Å²) >= 11 is 0. The van der Waals surface area contributed by atoms with Gasteiger partial charge in [0.05, 0.1) is 19.8 Å². The molecule has 0 radical (unpaired) electrons. The van der Waals surface area contributed by atoms with Crippen LogP contribution in [0.2, 0.25) is 0 Å². The minimum atomic E-state index is 0.399. The van der Waals surface area contributed by atoms with E-state index < -0.39 is 0 Å². The Kier molecular flexibility index (Phi) is 7.37. The zero-order valence-electron chi connectivity index (χ0n) is 15.5. The number of likely N-dealkylation sites (tertiary alicyclic amines) is 1. The maximum atomic E-state index is 5.74. The largest absolute Gasteiger partial charge is 0.496 e. The van der Waals surface area contributed by atoms with Crippen LogP contribution in [0.15, 0.2) is 23.2 Å². The fourth-order valence-corrected chi connectivity index (χ4v) is 3.02. The number of piperidine rings is 1. The Balaban J connectivity index is 2.00. The van der Waals surface area contributed by atoms with Gasteiger partial charge in [0.25, 0.3) is 0 Å². The smallest absolute Gasteiger partial charge is 0.194 e. The number of rotatable bonds is 6. The Labute approximate surface area is 146 Å². The Morgan fingerprint density at radius 1 is 1.29 bits per heavy atom. The lowest BCUT2D eigenvalue weighted by molar-refractivity contribution is 0.0263. The summed E-state index contributed by atoms with van der Waals surface area (Å²) in [6.07, 6.45) is 2.53.